The Bertz CT molecular complexity index is 902. The van der Waals surface area contributed by atoms with Crippen molar-refractivity contribution in [2.75, 3.05) is 6.54 Å². The van der Waals surface area contributed by atoms with Crippen LogP contribution >= 0.6 is 11.3 Å². The molecule has 1 aliphatic heterocycles. The molecule has 1 atom stereocenters. The van der Waals surface area contributed by atoms with Crippen LogP contribution in [-0.2, 0) is 13.1 Å². The summed E-state index contributed by atoms with van der Waals surface area (Å²) in [5.41, 5.74) is 2.43. The van der Waals surface area contributed by atoms with Gasteiger partial charge in [-0.15, -0.1) is 0 Å². The number of thiophene rings is 1. The molecule has 4 rings (SSSR count). The van der Waals surface area contributed by atoms with Gasteiger partial charge in [0.15, 0.2) is 0 Å². The summed E-state index contributed by atoms with van der Waals surface area (Å²) in [6.07, 6.45) is 1.92. The van der Waals surface area contributed by atoms with Gasteiger partial charge in [0.1, 0.15) is 5.69 Å². The van der Waals surface area contributed by atoms with Crippen LogP contribution in [0.25, 0.3) is 0 Å². The van der Waals surface area contributed by atoms with Crippen LogP contribution in [0.15, 0.2) is 65.5 Å². The van der Waals surface area contributed by atoms with Crippen LogP contribution in [0.2, 0.25) is 0 Å². The summed E-state index contributed by atoms with van der Waals surface area (Å²) in [5.74, 6) is -0.100. The Morgan fingerprint density at radius 1 is 1.15 bits per heavy atom. The highest BCUT2D eigenvalue weighted by atomic mass is 32.1. The van der Waals surface area contributed by atoms with Gasteiger partial charge in [0.2, 0.25) is 0 Å². The van der Waals surface area contributed by atoms with Crippen LogP contribution in [0.3, 0.4) is 0 Å². The largest absolute Gasteiger partial charge is 0.350 e. The maximum atomic E-state index is 13.0. The van der Waals surface area contributed by atoms with Gasteiger partial charge in [-0.1, -0.05) is 30.3 Å². The van der Waals surface area contributed by atoms with Crippen LogP contribution in [0, 0.1) is 0 Å². The number of carbonyl (C=O) groups is 2. The number of nitrogens with one attached hydrogen (secondary N) is 1. The van der Waals surface area contributed by atoms with Crippen molar-refractivity contribution < 1.29 is 9.59 Å². The van der Waals surface area contributed by atoms with E-state index in [2.05, 4.69) is 5.32 Å². The second kappa shape index (κ2) is 7.17. The van der Waals surface area contributed by atoms with E-state index in [1.54, 1.807) is 6.07 Å². The zero-order valence-electron chi connectivity index (χ0n) is 14.2. The van der Waals surface area contributed by atoms with E-state index in [1.165, 1.54) is 11.3 Å². The number of rotatable bonds is 5. The first-order valence-corrected chi connectivity index (χ1v) is 9.47. The SMILES string of the molecule is O=C(NCC1Cn2cccc2C(=O)N1Cc1ccccc1)c1ccsc1. The molecule has 3 aromatic rings. The Hall–Kier alpha value is -2.86. The van der Waals surface area contributed by atoms with Gasteiger partial charge in [-0.2, -0.15) is 11.3 Å². The van der Waals surface area contributed by atoms with E-state index in [0.29, 0.717) is 30.9 Å². The second-order valence-corrected chi connectivity index (χ2v) is 7.12. The topological polar surface area (TPSA) is 54.3 Å². The van der Waals surface area contributed by atoms with E-state index in [1.807, 2.05) is 68.9 Å². The van der Waals surface area contributed by atoms with Gasteiger partial charge < -0.3 is 14.8 Å². The lowest BCUT2D eigenvalue weighted by molar-refractivity contribution is 0.0563. The summed E-state index contributed by atoms with van der Waals surface area (Å²) < 4.78 is 1.96. The van der Waals surface area contributed by atoms with Crippen molar-refractivity contribution in [2.45, 2.75) is 19.1 Å². The fourth-order valence-corrected chi connectivity index (χ4v) is 3.90. The van der Waals surface area contributed by atoms with E-state index in [9.17, 15) is 9.59 Å². The van der Waals surface area contributed by atoms with Gasteiger partial charge in [0.05, 0.1) is 6.04 Å². The number of aromatic nitrogens is 1. The summed E-state index contributed by atoms with van der Waals surface area (Å²) in [6, 6.07) is 15.4. The number of hydrogen-bond acceptors (Lipinski definition) is 3. The summed E-state index contributed by atoms with van der Waals surface area (Å²) >= 11 is 1.49. The molecule has 132 valence electrons. The highest BCUT2D eigenvalue weighted by Crippen LogP contribution is 2.21. The highest BCUT2D eigenvalue weighted by molar-refractivity contribution is 7.08. The smallest absolute Gasteiger partial charge is 0.271 e. The standard InChI is InChI=1S/C20H19N3O2S/c24-19(16-8-10-26-14-16)21-11-17-13-22-9-4-7-18(22)20(25)23(17)12-15-5-2-1-3-6-15/h1-10,14,17H,11-13H2,(H,21,24). The van der Waals surface area contributed by atoms with Crippen molar-refractivity contribution in [3.63, 3.8) is 0 Å². The third-order valence-corrected chi connectivity index (χ3v) is 5.32. The van der Waals surface area contributed by atoms with Crippen molar-refractivity contribution >= 4 is 23.2 Å². The van der Waals surface area contributed by atoms with Gasteiger partial charge in [-0.05, 0) is 29.1 Å². The summed E-state index contributed by atoms with van der Waals surface area (Å²) in [4.78, 5) is 27.1. The quantitative estimate of drug-likeness (QED) is 0.756. The lowest BCUT2D eigenvalue weighted by Gasteiger charge is -2.37. The summed E-state index contributed by atoms with van der Waals surface area (Å²) in [7, 11) is 0. The summed E-state index contributed by atoms with van der Waals surface area (Å²) in [6.45, 7) is 1.62. The average molecular weight is 365 g/mol. The van der Waals surface area contributed by atoms with Crippen molar-refractivity contribution in [1.82, 2.24) is 14.8 Å². The van der Waals surface area contributed by atoms with E-state index < -0.39 is 0 Å². The van der Waals surface area contributed by atoms with Gasteiger partial charge in [-0.25, -0.2) is 0 Å². The maximum absolute atomic E-state index is 13.0. The molecule has 2 aromatic heterocycles. The minimum absolute atomic E-state index is 0.000106. The maximum Gasteiger partial charge on any atom is 0.271 e. The zero-order valence-corrected chi connectivity index (χ0v) is 15.0. The van der Waals surface area contributed by atoms with Crippen LogP contribution < -0.4 is 5.32 Å². The molecule has 6 heteroatoms. The fraction of sp³-hybridized carbons (Fsp3) is 0.200. The zero-order chi connectivity index (χ0) is 17.9. The van der Waals surface area contributed by atoms with Gasteiger partial charge in [0, 0.05) is 36.8 Å². The molecule has 0 fully saturated rings. The normalized spacial score (nSPS) is 16.4. The molecule has 26 heavy (non-hydrogen) atoms. The van der Waals surface area contributed by atoms with Crippen molar-refractivity contribution in [1.29, 1.82) is 0 Å². The molecule has 0 saturated carbocycles. The van der Waals surface area contributed by atoms with E-state index in [0.717, 1.165) is 5.56 Å². The van der Waals surface area contributed by atoms with Crippen LogP contribution in [-0.4, -0.2) is 33.9 Å². The first-order valence-electron chi connectivity index (χ1n) is 8.53. The Morgan fingerprint density at radius 3 is 2.77 bits per heavy atom. The number of fused-ring (bicyclic) bond motifs is 1. The number of benzene rings is 1. The molecule has 0 spiro atoms. The minimum atomic E-state index is -0.100. The third kappa shape index (κ3) is 3.28. The Morgan fingerprint density at radius 2 is 2.00 bits per heavy atom. The molecular formula is C20H19N3O2S. The Labute approximate surface area is 155 Å². The molecule has 2 amide bonds. The molecule has 0 aliphatic carbocycles. The second-order valence-electron chi connectivity index (χ2n) is 6.34. The fourth-order valence-electron chi connectivity index (χ4n) is 3.27. The Balaban J connectivity index is 1.53. The molecule has 1 unspecified atom stereocenters. The molecule has 0 saturated heterocycles. The van der Waals surface area contributed by atoms with Crippen LogP contribution in [0.4, 0.5) is 0 Å². The van der Waals surface area contributed by atoms with Gasteiger partial charge in [-0.3, -0.25) is 9.59 Å². The molecule has 1 N–H and O–H groups in total. The van der Waals surface area contributed by atoms with Crippen molar-refractivity contribution in [3.05, 3.63) is 82.3 Å². The molecule has 1 aromatic carbocycles. The van der Waals surface area contributed by atoms with Gasteiger partial charge >= 0.3 is 0 Å². The van der Waals surface area contributed by atoms with E-state index >= 15 is 0 Å². The number of amides is 2. The Kier molecular flexibility index (Phi) is 4.58. The van der Waals surface area contributed by atoms with E-state index in [-0.39, 0.29) is 17.9 Å². The number of nitrogens with zero attached hydrogens (tertiary/aromatic N) is 2. The molecule has 5 nitrogen and oxygen atoms in total. The predicted molar refractivity (Wildman–Crippen MR) is 101 cm³/mol. The molecular weight excluding hydrogens is 346 g/mol. The van der Waals surface area contributed by atoms with Crippen molar-refractivity contribution in [3.8, 4) is 0 Å². The molecule has 0 bridgehead atoms. The average Bonchev–Trinajstić information content (AvgIpc) is 3.35. The molecule has 3 heterocycles. The number of carbonyl (C=O) groups excluding carboxylic acids is 2. The van der Waals surface area contributed by atoms with E-state index in [4.69, 9.17) is 0 Å². The first kappa shape index (κ1) is 16.6. The minimum Gasteiger partial charge on any atom is -0.350 e. The lowest BCUT2D eigenvalue weighted by Crippen LogP contribution is -2.52. The highest BCUT2D eigenvalue weighted by Gasteiger charge is 2.32. The first-order chi connectivity index (χ1) is 12.7. The summed E-state index contributed by atoms with van der Waals surface area (Å²) in [5, 5.41) is 6.68. The predicted octanol–water partition coefficient (Wildman–Crippen LogP) is 3.00. The molecule has 0 radical (unpaired) electrons. The third-order valence-electron chi connectivity index (χ3n) is 4.64. The van der Waals surface area contributed by atoms with Crippen molar-refractivity contribution in [2.24, 2.45) is 0 Å². The van der Waals surface area contributed by atoms with Gasteiger partial charge in [0.25, 0.3) is 11.8 Å². The number of hydrogen-bond donors (Lipinski definition) is 1. The monoisotopic (exact) mass is 365 g/mol. The van der Waals surface area contributed by atoms with Crippen LogP contribution in [0.5, 0.6) is 0 Å². The lowest BCUT2D eigenvalue weighted by atomic mass is 10.1. The molecule has 1 aliphatic rings. The van der Waals surface area contributed by atoms with Crippen LogP contribution in [0.1, 0.15) is 26.4 Å².